The average Bonchev–Trinajstić information content (AvgIpc) is 2.82. The molecule has 5 heteroatoms. The van der Waals surface area contributed by atoms with Crippen LogP contribution in [0.4, 0.5) is 0 Å². The van der Waals surface area contributed by atoms with Gasteiger partial charge in [-0.3, -0.25) is 9.48 Å². The Balaban J connectivity index is 2.18. The number of ether oxygens (including phenoxy) is 1. The van der Waals surface area contributed by atoms with Crippen molar-refractivity contribution in [1.82, 2.24) is 9.78 Å². The summed E-state index contributed by atoms with van der Waals surface area (Å²) in [5.41, 5.74) is 1.30. The van der Waals surface area contributed by atoms with Crippen LogP contribution in [0.15, 0.2) is 36.7 Å². The quantitative estimate of drug-likeness (QED) is 0.673. The third-order valence-corrected chi connectivity index (χ3v) is 2.62. The molecule has 1 N–H and O–H groups in total. The van der Waals surface area contributed by atoms with Gasteiger partial charge in [-0.1, -0.05) is 0 Å². The molecule has 2 rings (SSSR count). The molecule has 0 saturated heterocycles. The summed E-state index contributed by atoms with van der Waals surface area (Å²) < 4.78 is 6.62. The average molecular weight is 258 g/mol. The van der Waals surface area contributed by atoms with E-state index in [0.717, 1.165) is 5.56 Å². The number of ketones is 1. The zero-order valence-electron chi connectivity index (χ0n) is 10.7. The normalized spacial score (nSPS) is 10.8. The van der Waals surface area contributed by atoms with Crippen LogP contribution in [0, 0.1) is 0 Å². The number of phenols is 1. The molecule has 0 spiro atoms. The highest BCUT2D eigenvalue weighted by molar-refractivity contribution is 6.07. The maximum Gasteiger partial charge on any atom is 0.185 e. The first kappa shape index (κ1) is 12.9. The SMILES string of the molecule is COc1cc(C(=O)/C=C\c2cnn(C)c2)ccc1O. The van der Waals surface area contributed by atoms with Crippen molar-refractivity contribution in [2.24, 2.45) is 7.05 Å². The second-order valence-corrected chi connectivity index (χ2v) is 4.03. The minimum Gasteiger partial charge on any atom is -0.504 e. The number of nitrogens with zero attached hydrogens (tertiary/aromatic N) is 2. The largest absolute Gasteiger partial charge is 0.504 e. The second kappa shape index (κ2) is 5.39. The van der Waals surface area contributed by atoms with Crippen molar-refractivity contribution in [2.75, 3.05) is 7.11 Å². The van der Waals surface area contributed by atoms with E-state index < -0.39 is 0 Å². The van der Waals surface area contributed by atoms with E-state index in [0.29, 0.717) is 5.56 Å². The van der Waals surface area contributed by atoms with Gasteiger partial charge < -0.3 is 9.84 Å². The van der Waals surface area contributed by atoms with Crippen LogP contribution < -0.4 is 4.74 Å². The van der Waals surface area contributed by atoms with Crippen LogP contribution in [0.2, 0.25) is 0 Å². The third-order valence-electron chi connectivity index (χ3n) is 2.62. The molecule has 0 fully saturated rings. The van der Waals surface area contributed by atoms with Crippen LogP contribution in [0.25, 0.3) is 6.08 Å². The zero-order valence-corrected chi connectivity index (χ0v) is 10.7. The fraction of sp³-hybridized carbons (Fsp3) is 0.143. The molecule has 98 valence electrons. The molecule has 2 aromatic rings. The fourth-order valence-electron chi connectivity index (χ4n) is 1.63. The Morgan fingerprint density at radius 1 is 1.47 bits per heavy atom. The van der Waals surface area contributed by atoms with Gasteiger partial charge in [-0.2, -0.15) is 5.10 Å². The fourth-order valence-corrected chi connectivity index (χ4v) is 1.63. The number of hydrogen-bond donors (Lipinski definition) is 1. The van der Waals surface area contributed by atoms with Gasteiger partial charge >= 0.3 is 0 Å². The second-order valence-electron chi connectivity index (χ2n) is 4.03. The smallest absolute Gasteiger partial charge is 0.185 e. The lowest BCUT2D eigenvalue weighted by Crippen LogP contribution is -1.95. The molecule has 1 aromatic heterocycles. The van der Waals surface area contributed by atoms with E-state index in [-0.39, 0.29) is 17.3 Å². The van der Waals surface area contributed by atoms with Crippen LogP contribution in [-0.2, 0) is 7.05 Å². The minimum absolute atomic E-state index is 0.00953. The number of methoxy groups -OCH3 is 1. The zero-order chi connectivity index (χ0) is 13.8. The Kier molecular flexibility index (Phi) is 3.66. The lowest BCUT2D eigenvalue weighted by Gasteiger charge is -2.04. The van der Waals surface area contributed by atoms with Gasteiger partial charge in [0.25, 0.3) is 0 Å². The molecule has 0 atom stereocenters. The van der Waals surface area contributed by atoms with Crippen LogP contribution in [-0.4, -0.2) is 27.8 Å². The summed E-state index contributed by atoms with van der Waals surface area (Å²) >= 11 is 0. The number of rotatable bonds is 4. The van der Waals surface area contributed by atoms with Gasteiger partial charge in [0.05, 0.1) is 13.3 Å². The number of carbonyl (C=O) groups is 1. The Labute approximate surface area is 110 Å². The summed E-state index contributed by atoms with van der Waals surface area (Å²) in [5.74, 6) is 0.123. The molecule has 0 saturated carbocycles. The number of aromatic hydroxyl groups is 1. The van der Waals surface area contributed by atoms with Crippen molar-refractivity contribution in [3.05, 3.63) is 47.8 Å². The number of aryl methyl sites for hydroxylation is 1. The first-order valence-corrected chi connectivity index (χ1v) is 5.68. The standard InChI is InChI=1S/C14H14N2O3/c1-16-9-10(8-15-16)3-5-12(17)11-4-6-13(18)14(7-11)19-2/h3-9,18H,1-2H3/b5-3-. The summed E-state index contributed by atoms with van der Waals surface area (Å²) in [6.07, 6.45) is 6.62. The van der Waals surface area contributed by atoms with Gasteiger partial charge in [-0.25, -0.2) is 0 Å². The maximum atomic E-state index is 12.0. The maximum absolute atomic E-state index is 12.0. The predicted octanol–water partition coefficient (Wildman–Crippen LogP) is 2.03. The van der Waals surface area contributed by atoms with Gasteiger partial charge in [0.15, 0.2) is 17.3 Å². The van der Waals surface area contributed by atoms with Crippen LogP contribution in [0.1, 0.15) is 15.9 Å². The molecule has 1 heterocycles. The Morgan fingerprint density at radius 3 is 2.89 bits per heavy atom. The van der Waals surface area contributed by atoms with Crippen molar-refractivity contribution >= 4 is 11.9 Å². The van der Waals surface area contributed by atoms with Crippen LogP contribution in [0.5, 0.6) is 11.5 Å². The van der Waals surface area contributed by atoms with Crippen molar-refractivity contribution < 1.29 is 14.6 Å². The number of carbonyl (C=O) groups excluding carboxylic acids is 1. The van der Waals surface area contributed by atoms with E-state index in [2.05, 4.69) is 5.10 Å². The molecule has 1 aromatic carbocycles. The van der Waals surface area contributed by atoms with Crippen molar-refractivity contribution in [2.45, 2.75) is 0 Å². The van der Waals surface area contributed by atoms with Gasteiger partial charge in [0.2, 0.25) is 0 Å². The number of allylic oxidation sites excluding steroid dienone is 1. The van der Waals surface area contributed by atoms with E-state index in [4.69, 9.17) is 4.74 Å². The first-order chi connectivity index (χ1) is 9.10. The molecule has 5 nitrogen and oxygen atoms in total. The van der Waals surface area contributed by atoms with Crippen molar-refractivity contribution in [3.63, 3.8) is 0 Å². The monoisotopic (exact) mass is 258 g/mol. The number of hydrogen-bond acceptors (Lipinski definition) is 4. The van der Waals surface area contributed by atoms with Gasteiger partial charge in [-0.15, -0.1) is 0 Å². The molecule has 0 aliphatic rings. The molecule has 0 unspecified atom stereocenters. The Morgan fingerprint density at radius 2 is 2.26 bits per heavy atom. The van der Waals surface area contributed by atoms with E-state index in [1.54, 1.807) is 29.2 Å². The van der Waals surface area contributed by atoms with E-state index >= 15 is 0 Å². The molecule has 19 heavy (non-hydrogen) atoms. The third kappa shape index (κ3) is 3.01. The van der Waals surface area contributed by atoms with Gasteiger partial charge in [0.1, 0.15) is 0 Å². The van der Waals surface area contributed by atoms with Crippen molar-refractivity contribution in [1.29, 1.82) is 0 Å². The van der Waals surface area contributed by atoms with Gasteiger partial charge in [0, 0.05) is 24.4 Å². The molecule has 0 amide bonds. The topological polar surface area (TPSA) is 64.3 Å². The lowest BCUT2D eigenvalue weighted by molar-refractivity contribution is 0.104. The molecule has 0 bridgehead atoms. The van der Waals surface area contributed by atoms with E-state index in [1.807, 2.05) is 7.05 Å². The number of phenolic OH excluding ortho intramolecular Hbond substituents is 1. The Bertz CT molecular complexity index is 629. The lowest BCUT2D eigenvalue weighted by atomic mass is 10.1. The number of benzene rings is 1. The molecule has 0 aliphatic carbocycles. The summed E-state index contributed by atoms with van der Waals surface area (Å²) in [5, 5.41) is 13.5. The summed E-state index contributed by atoms with van der Waals surface area (Å²) in [6.45, 7) is 0. The molecule has 0 radical (unpaired) electrons. The Hall–Kier alpha value is -2.56. The highest BCUT2D eigenvalue weighted by atomic mass is 16.5. The predicted molar refractivity (Wildman–Crippen MR) is 71.2 cm³/mol. The highest BCUT2D eigenvalue weighted by Gasteiger charge is 2.07. The van der Waals surface area contributed by atoms with E-state index in [9.17, 15) is 9.90 Å². The molecular formula is C14H14N2O3. The summed E-state index contributed by atoms with van der Waals surface area (Å²) in [4.78, 5) is 12.0. The molecule has 0 aliphatic heterocycles. The van der Waals surface area contributed by atoms with E-state index in [1.165, 1.54) is 25.3 Å². The summed E-state index contributed by atoms with van der Waals surface area (Å²) in [6, 6.07) is 4.49. The van der Waals surface area contributed by atoms with Crippen LogP contribution in [0.3, 0.4) is 0 Å². The van der Waals surface area contributed by atoms with Gasteiger partial charge in [-0.05, 0) is 30.4 Å². The summed E-state index contributed by atoms with van der Waals surface area (Å²) in [7, 11) is 3.25. The number of aromatic nitrogens is 2. The highest BCUT2D eigenvalue weighted by Crippen LogP contribution is 2.26. The molecular weight excluding hydrogens is 244 g/mol. The minimum atomic E-state index is -0.165. The van der Waals surface area contributed by atoms with Crippen molar-refractivity contribution in [3.8, 4) is 11.5 Å². The van der Waals surface area contributed by atoms with Crippen LogP contribution >= 0.6 is 0 Å². The first-order valence-electron chi connectivity index (χ1n) is 5.68.